The third-order valence-corrected chi connectivity index (χ3v) is 4.78. The largest absolute Gasteiger partial charge is 0.481 e. The van der Waals surface area contributed by atoms with E-state index in [0.29, 0.717) is 18.5 Å². The molecule has 2 unspecified atom stereocenters. The number of hydrogen-bond acceptors (Lipinski definition) is 3. The van der Waals surface area contributed by atoms with E-state index in [0.717, 1.165) is 17.8 Å². The Labute approximate surface area is 147 Å². The predicted molar refractivity (Wildman–Crippen MR) is 96.6 cm³/mol. The van der Waals surface area contributed by atoms with E-state index in [9.17, 15) is 9.59 Å². The standard InChI is InChI=1S/C20H22N2O3/c1-14(22-11-10-17(13-22)20(24)25)16-8-5-9-18(12-16)21-19(23)15-6-3-2-4-7-15/h2-9,12,14,17H,10-11,13H2,1H3,(H,21,23)(H,24,25). The number of nitrogens with one attached hydrogen (secondary N) is 1. The van der Waals surface area contributed by atoms with Gasteiger partial charge in [0.1, 0.15) is 0 Å². The predicted octanol–water partition coefficient (Wildman–Crippen LogP) is 3.41. The number of carboxylic acid groups (broad SMARTS) is 1. The third kappa shape index (κ3) is 4.06. The van der Waals surface area contributed by atoms with Crippen molar-refractivity contribution in [2.45, 2.75) is 19.4 Å². The first kappa shape index (κ1) is 17.2. The van der Waals surface area contributed by atoms with Crippen molar-refractivity contribution in [3.05, 3.63) is 65.7 Å². The van der Waals surface area contributed by atoms with E-state index in [1.54, 1.807) is 12.1 Å². The molecule has 130 valence electrons. The molecule has 0 saturated carbocycles. The van der Waals surface area contributed by atoms with E-state index in [1.165, 1.54) is 0 Å². The summed E-state index contributed by atoms with van der Waals surface area (Å²) in [6.07, 6.45) is 0.685. The first-order valence-corrected chi connectivity index (χ1v) is 8.48. The van der Waals surface area contributed by atoms with E-state index in [2.05, 4.69) is 17.1 Å². The van der Waals surface area contributed by atoms with Crippen molar-refractivity contribution in [3.63, 3.8) is 0 Å². The molecule has 25 heavy (non-hydrogen) atoms. The van der Waals surface area contributed by atoms with Gasteiger partial charge < -0.3 is 10.4 Å². The van der Waals surface area contributed by atoms with Crippen LogP contribution < -0.4 is 5.32 Å². The van der Waals surface area contributed by atoms with Crippen LogP contribution in [0, 0.1) is 5.92 Å². The Kier molecular flexibility index (Phi) is 5.14. The highest BCUT2D eigenvalue weighted by Gasteiger charge is 2.31. The number of rotatable bonds is 5. The molecule has 1 heterocycles. The lowest BCUT2D eigenvalue weighted by molar-refractivity contribution is -0.141. The average molecular weight is 338 g/mol. The highest BCUT2D eigenvalue weighted by atomic mass is 16.4. The Balaban J connectivity index is 1.69. The van der Waals surface area contributed by atoms with Crippen molar-refractivity contribution in [2.75, 3.05) is 18.4 Å². The minimum atomic E-state index is -0.724. The molecule has 5 heteroatoms. The van der Waals surface area contributed by atoms with Gasteiger partial charge in [0.25, 0.3) is 5.91 Å². The second kappa shape index (κ2) is 7.49. The Bertz CT molecular complexity index is 761. The highest BCUT2D eigenvalue weighted by Crippen LogP contribution is 2.28. The highest BCUT2D eigenvalue weighted by molar-refractivity contribution is 6.04. The second-order valence-electron chi connectivity index (χ2n) is 6.44. The lowest BCUT2D eigenvalue weighted by Crippen LogP contribution is -2.26. The quantitative estimate of drug-likeness (QED) is 0.876. The Hall–Kier alpha value is -2.66. The van der Waals surface area contributed by atoms with Crippen molar-refractivity contribution in [2.24, 2.45) is 5.92 Å². The second-order valence-corrected chi connectivity index (χ2v) is 6.44. The van der Waals surface area contributed by atoms with Crippen molar-refractivity contribution in [1.82, 2.24) is 4.90 Å². The van der Waals surface area contributed by atoms with Gasteiger partial charge in [-0.25, -0.2) is 0 Å². The molecular formula is C20H22N2O3. The fourth-order valence-corrected chi connectivity index (χ4v) is 3.22. The number of aliphatic carboxylic acids is 1. The normalized spacial score (nSPS) is 18.7. The van der Waals surface area contributed by atoms with Crippen molar-refractivity contribution in [3.8, 4) is 0 Å². The van der Waals surface area contributed by atoms with Crippen LogP contribution in [0.15, 0.2) is 54.6 Å². The Morgan fingerprint density at radius 1 is 1.16 bits per heavy atom. The van der Waals surface area contributed by atoms with Crippen LogP contribution >= 0.6 is 0 Å². The summed E-state index contributed by atoms with van der Waals surface area (Å²) in [6, 6.07) is 16.9. The van der Waals surface area contributed by atoms with Crippen molar-refractivity contribution >= 4 is 17.6 Å². The van der Waals surface area contributed by atoms with Crippen LogP contribution in [0.3, 0.4) is 0 Å². The van der Waals surface area contributed by atoms with Crippen LogP contribution in [0.4, 0.5) is 5.69 Å². The minimum absolute atomic E-state index is 0.109. The zero-order chi connectivity index (χ0) is 17.8. The molecule has 1 fully saturated rings. The summed E-state index contributed by atoms with van der Waals surface area (Å²) in [5.74, 6) is -1.15. The number of carbonyl (C=O) groups is 2. The van der Waals surface area contributed by atoms with Gasteiger partial charge in [-0.05, 0) is 49.7 Å². The summed E-state index contributed by atoms with van der Waals surface area (Å²) in [5, 5.41) is 12.1. The molecule has 0 radical (unpaired) electrons. The molecule has 5 nitrogen and oxygen atoms in total. The van der Waals surface area contributed by atoms with Crippen molar-refractivity contribution < 1.29 is 14.7 Å². The van der Waals surface area contributed by atoms with Crippen LogP contribution in [0.1, 0.15) is 35.3 Å². The van der Waals surface area contributed by atoms with Crippen molar-refractivity contribution in [1.29, 1.82) is 0 Å². The molecule has 0 spiro atoms. The van der Waals surface area contributed by atoms with Crippen LogP contribution in [-0.4, -0.2) is 35.0 Å². The molecule has 0 aromatic heterocycles. The number of carboxylic acids is 1. The van der Waals surface area contributed by atoms with E-state index in [4.69, 9.17) is 5.11 Å². The molecule has 2 aromatic rings. The maximum Gasteiger partial charge on any atom is 0.307 e. The maximum absolute atomic E-state index is 12.3. The van der Waals surface area contributed by atoms with Gasteiger partial charge in [0.15, 0.2) is 0 Å². The van der Waals surface area contributed by atoms with Crippen LogP contribution in [-0.2, 0) is 4.79 Å². The zero-order valence-electron chi connectivity index (χ0n) is 14.2. The molecule has 2 N–H and O–H groups in total. The summed E-state index contributed by atoms with van der Waals surface area (Å²) in [4.78, 5) is 25.6. The number of nitrogens with zero attached hydrogens (tertiary/aromatic N) is 1. The summed E-state index contributed by atoms with van der Waals surface area (Å²) < 4.78 is 0. The number of carbonyl (C=O) groups excluding carboxylic acids is 1. The monoisotopic (exact) mass is 338 g/mol. The van der Waals surface area contributed by atoms with E-state index >= 15 is 0 Å². The number of likely N-dealkylation sites (tertiary alicyclic amines) is 1. The van der Waals surface area contributed by atoms with Gasteiger partial charge in [0, 0.05) is 23.8 Å². The molecule has 0 aliphatic carbocycles. The average Bonchev–Trinajstić information content (AvgIpc) is 3.12. The lowest BCUT2D eigenvalue weighted by atomic mass is 10.1. The summed E-state index contributed by atoms with van der Waals surface area (Å²) >= 11 is 0. The Morgan fingerprint density at radius 3 is 2.60 bits per heavy atom. The molecule has 0 bridgehead atoms. The Morgan fingerprint density at radius 2 is 1.92 bits per heavy atom. The molecule has 1 amide bonds. The van der Waals surface area contributed by atoms with Gasteiger partial charge in [-0.3, -0.25) is 14.5 Å². The number of anilines is 1. The minimum Gasteiger partial charge on any atom is -0.481 e. The molecule has 3 rings (SSSR count). The van der Waals surface area contributed by atoms with Gasteiger partial charge >= 0.3 is 5.97 Å². The lowest BCUT2D eigenvalue weighted by Gasteiger charge is -2.24. The van der Waals surface area contributed by atoms with Gasteiger partial charge in [0.05, 0.1) is 5.92 Å². The SMILES string of the molecule is CC(c1cccc(NC(=O)c2ccccc2)c1)N1CCC(C(=O)O)C1. The number of benzene rings is 2. The molecule has 1 aliphatic heterocycles. The van der Waals surface area contributed by atoms with Crippen LogP contribution in [0.5, 0.6) is 0 Å². The molecule has 1 aliphatic rings. The van der Waals surface area contributed by atoms with Gasteiger partial charge in [-0.2, -0.15) is 0 Å². The number of hydrogen-bond donors (Lipinski definition) is 2. The fourth-order valence-electron chi connectivity index (χ4n) is 3.22. The zero-order valence-corrected chi connectivity index (χ0v) is 14.2. The first-order valence-electron chi connectivity index (χ1n) is 8.48. The fraction of sp³-hybridized carbons (Fsp3) is 0.300. The molecule has 2 atom stereocenters. The smallest absolute Gasteiger partial charge is 0.307 e. The van der Waals surface area contributed by atoms with E-state index in [1.807, 2.05) is 42.5 Å². The van der Waals surface area contributed by atoms with E-state index in [-0.39, 0.29) is 17.9 Å². The van der Waals surface area contributed by atoms with Crippen LogP contribution in [0.2, 0.25) is 0 Å². The first-order chi connectivity index (χ1) is 12.0. The molecular weight excluding hydrogens is 316 g/mol. The maximum atomic E-state index is 12.3. The molecule has 2 aromatic carbocycles. The summed E-state index contributed by atoms with van der Waals surface area (Å²) in [6.45, 7) is 3.41. The third-order valence-electron chi connectivity index (χ3n) is 4.78. The van der Waals surface area contributed by atoms with E-state index < -0.39 is 5.97 Å². The van der Waals surface area contributed by atoms with Gasteiger partial charge in [-0.15, -0.1) is 0 Å². The number of amides is 1. The summed E-state index contributed by atoms with van der Waals surface area (Å²) in [7, 11) is 0. The van der Waals surface area contributed by atoms with Gasteiger partial charge in [0.2, 0.25) is 0 Å². The van der Waals surface area contributed by atoms with Crippen LogP contribution in [0.25, 0.3) is 0 Å². The molecule has 1 saturated heterocycles. The summed E-state index contributed by atoms with van der Waals surface area (Å²) in [5.41, 5.74) is 2.42. The topological polar surface area (TPSA) is 69.6 Å². The van der Waals surface area contributed by atoms with Gasteiger partial charge in [-0.1, -0.05) is 30.3 Å².